The highest BCUT2D eigenvalue weighted by Gasteiger charge is 2.20. The van der Waals surface area contributed by atoms with Gasteiger partial charge in [0, 0.05) is 17.7 Å². The van der Waals surface area contributed by atoms with E-state index in [9.17, 15) is 14.4 Å². The third-order valence-corrected chi connectivity index (χ3v) is 4.48. The summed E-state index contributed by atoms with van der Waals surface area (Å²) in [6.07, 6.45) is 0.738. The molecule has 30 heavy (non-hydrogen) atoms. The van der Waals surface area contributed by atoms with Crippen LogP contribution in [0.2, 0.25) is 0 Å². The average molecular weight is 406 g/mol. The Kier molecular flexibility index (Phi) is 6.64. The molecule has 0 bridgehead atoms. The molecule has 2 aromatic carbocycles. The number of anilines is 2. The Morgan fingerprint density at radius 2 is 1.73 bits per heavy atom. The van der Waals surface area contributed by atoms with Gasteiger partial charge in [-0.3, -0.25) is 4.79 Å². The van der Waals surface area contributed by atoms with Crippen molar-refractivity contribution in [2.75, 3.05) is 17.7 Å². The Bertz CT molecular complexity index is 1110. The number of carbonyl (C=O) groups is 2. The number of hydrogen-bond donors (Lipinski definition) is 2. The molecule has 154 valence electrons. The van der Waals surface area contributed by atoms with Gasteiger partial charge in [-0.1, -0.05) is 36.4 Å². The molecule has 1 heterocycles. The number of aryl methyl sites for hydroxylation is 2. The van der Waals surface area contributed by atoms with E-state index in [1.54, 1.807) is 43.3 Å². The molecule has 0 saturated carbocycles. The first-order valence-corrected chi connectivity index (χ1v) is 9.53. The summed E-state index contributed by atoms with van der Waals surface area (Å²) in [5, 5.41) is 2.50. The van der Waals surface area contributed by atoms with E-state index in [0.29, 0.717) is 17.7 Å². The minimum absolute atomic E-state index is 0.0920. The van der Waals surface area contributed by atoms with Crippen LogP contribution < -0.4 is 16.7 Å². The fourth-order valence-electron chi connectivity index (χ4n) is 2.95. The number of hydrogen-bond acceptors (Lipinski definition) is 6. The summed E-state index contributed by atoms with van der Waals surface area (Å²) >= 11 is 0. The monoisotopic (exact) mass is 406 g/mol. The number of nitrogen functional groups attached to an aromatic ring is 1. The van der Waals surface area contributed by atoms with Crippen molar-refractivity contribution in [2.24, 2.45) is 0 Å². The minimum Gasteiger partial charge on any atom is -0.462 e. The van der Waals surface area contributed by atoms with E-state index >= 15 is 0 Å². The van der Waals surface area contributed by atoms with E-state index in [1.165, 1.54) is 6.07 Å². The van der Waals surface area contributed by atoms with E-state index in [-0.39, 0.29) is 30.0 Å². The molecule has 1 aromatic heterocycles. The smallest absolute Gasteiger partial charge is 0.359 e. The summed E-state index contributed by atoms with van der Waals surface area (Å²) in [4.78, 5) is 37.3. The van der Waals surface area contributed by atoms with Crippen molar-refractivity contribution in [3.63, 3.8) is 0 Å². The first kappa shape index (κ1) is 20.9. The van der Waals surface area contributed by atoms with Gasteiger partial charge < -0.3 is 20.2 Å². The van der Waals surface area contributed by atoms with E-state index in [4.69, 9.17) is 14.9 Å². The minimum atomic E-state index is -0.747. The molecule has 0 saturated heterocycles. The van der Waals surface area contributed by atoms with Gasteiger partial charge >= 0.3 is 11.6 Å². The van der Waals surface area contributed by atoms with Crippen LogP contribution in [0.4, 0.5) is 11.4 Å². The van der Waals surface area contributed by atoms with Crippen LogP contribution in [0.5, 0.6) is 0 Å². The number of para-hydroxylation sites is 1. The van der Waals surface area contributed by atoms with Gasteiger partial charge in [-0.25, -0.2) is 9.59 Å². The van der Waals surface area contributed by atoms with E-state index in [1.807, 2.05) is 18.2 Å². The zero-order valence-electron chi connectivity index (χ0n) is 16.5. The highest BCUT2D eigenvalue weighted by molar-refractivity contribution is 6.04. The zero-order chi connectivity index (χ0) is 21.5. The lowest BCUT2D eigenvalue weighted by atomic mass is 10.0. The van der Waals surface area contributed by atoms with Gasteiger partial charge in [0.15, 0.2) is 0 Å². The number of amides is 1. The maximum Gasteiger partial charge on any atom is 0.359 e. The van der Waals surface area contributed by atoms with Crippen molar-refractivity contribution in [3.8, 4) is 0 Å². The van der Waals surface area contributed by atoms with E-state index in [0.717, 1.165) is 5.56 Å². The molecular weight excluding hydrogens is 384 g/mol. The van der Waals surface area contributed by atoms with E-state index in [2.05, 4.69) is 5.32 Å². The first-order valence-electron chi connectivity index (χ1n) is 9.53. The fraction of sp³-hybridized carbons (Fsp3) is 0.174. The summed E-state index contributed by atoms with van der Waals surface area (Å²) in [5.41, 5.74) is 7.04. The second-order valence-electron chi connectivity index (χ2n) is 6.52. The van der Waals surface area contributed by atoms with Crippen LogP contribution in [0, 0.1) is 0 Å². The molecule has 3 rings (SSSR count). The predicted molar refractivity (Wildman–Crippen MR) is 114 cm³/mol. The van der Waals surface area contributed by atoms with Crippen molar-refractivity contribution < 1.29 is 18.7 Å². The van der Waals surface area contributed by atoms with Gasteiger partial charge in [0.05, 0.1) is 6.61 Å². The van der Waals surface area contributed by atoms with Crippen LogP contribution in [-0.2, 0) is 17.6 Å². The predicted octanol–water partition coefficient (Wildman–Crippen LogP) is 3.44. The number of rotatable bonds is 7. The molecule has 7 nitrogen and oxygen atoms in total. The number of nitrogens with one attached hydrogen (secondary N) is 1. The summed E-state index contributed by atoms with van der Waals surface area (Å²) in [7, 11) is 0. The molecule has 0 aliphatic rings. The van der Waals surface area contributed by atoms with Crippen molar-refractivity contribution in [3.05, 3.63) is 93.5 Å². The van der Waals surface area contributed by atoms with Gasteiger partial charge in [-0.05, 0) is 43.2 Å². The molecule has 0 aliphatic carbocycles. The van der Waals surface area contributed by atoms with Gasteiger partial charge in [0.2, 0.25) is 0 Å². The summed E-state index contributed by atoms with van der Waals surface area (Å²) in [6, 6.07) is 17.0. The van der Waals surface area contributed by atoms with Gasteiger partial charge in [-0.2, -0.15) is 0 Å². The molecule has 0 aliphatic heterocycles. The topological polar surface area (TPSA) is 112 Å². The molecular formula is C23H22N2O5. The van der Waals surface area contributed by atoms with Gasteiger partial charge in [0.1, 0.15) is 17.0 Å². The standard InChI is InChI=1S/C23H22N2O5/c1-2-29-22(27)17-14-19(25-21(26)16-9-4-3-5-10-16)23(28)30-20(17)13-12-15-8-6-7-11-18(15)24/h3-11,14H,2,12-13,24H2,1H3,(H,25,26). The Morgan fingerprint density at radius 3 is 2.43 bits per heavy atom. The van der Waals surface area contributed by atoms with Crippen molar-refractivity contribution in [1.29, 1.82) is 0 Å². The Morgan fingerprint density at radius 1 is 1.03 bits per heavy atom. The highest BCUT2D eigenvalue weighted by Crippen LogP contribution is 2.19. The average Bonchev–Trinajstić information content (AvgIpc) is 2.75. The van der Waals surface area contributed by atoms with Crippen LogP contribution in [0.25, 0.3) is 0 Å². The summed E-state index contributed by atoms with van der Waals surface area (Å²) in [6.45, 7) is 1.84. The molecule has 0 radical (unpaired) electrons. The van der Waals surface area contributed by atoms with Crippen LogP contribution in [0.1, 0.15) is 39.0 Å². The van der Waals surface area contributed by atoms with Crippen LogP contribution in [0.15, 0.2) is 69.9 Å². The molecule has 3 aromatic rings. The SMILES string of the molecule is CCOC(=O)c1cc(NC(=O)c2ccccc2)c(=O)oc1CCc1ccccc1N. The number of nitrogens with two attached hydrogens (primary N) is 1. The Balaban J connectivity index is 1.90. The summed E-state index contributed by atoms with van der Waals surface area (Å²) < 4.78 is 10.5. The quantitative estimate of drug-likeness (QED) is 0.459. The van der Waals surface area contributed by atoms with Gasteiger partial charge in [0.25, 0.3) is 5.91 Å². The van der Waals surface area contributed by atoms with Crippen LogP contribution >= 0.6 is 0 Å². The number of carbonyl (C=O) groups excluding carboxylic acids is 2. The van der Waals surface area contributed by atoms with Crippen LogP contribution in [-0.4, -0.2) is 18.5 Å². The van der Waals surface area contributed by atoms with Crippen molar-refractivity contribution >= 4 is 23.3 Å². The van der Waals surface area contributed by atoms with E-state index < -0.39 is 17.5 Å². The maximum absolute atomic E-state index is 12.5. The molecule has 3 N–H and O–H groups in total. The molecule has 0 atom stereocenters. The molecule has 0 unspecified atom stereocenters. The third kappa shape index (κ3) is 4.94. The second kappa shape index (κ2) is 9.56. The lowest BCUT2D eigenvalue weighted by Gasteiger charge is -2.11. The first-order chi connectivity index (χ1) is 14.5. The van der Waals surface area contributed by atoms with Crippen molar-refractivity contribution in [1.82, 2.24) is 0 Å². The largest absolute Gasteiger partial charge is 0.462 e. The van der Waals surface area contributed by atoms with Crippen molar-refractivity contribution in [2.45, 2.75) is 19.8 Å². The summed E-state index contributed by atoms with van der Waals surface area (Å²) in [5.74, 6) is -0.936. The number of benzene rings is 2. The number of esters is 1. The molecule has 0 fully saturated rings. The molecule has 0 spiro atoms. The highest BCUT2D eigenvalue weighted by atomic mass is 16.5. The normalized spacial score (nSPS) is 10.4. The Labute approximate surface area is 173 Å². The lowest BCUT2D eigenvalue weighted by Crippen LogP contribution is -2.21. The zero-order valence-corrected chi connectivity index (χ0v) is 16.5. The second-order valence-corrected chi connectivity index (χ2v) is 6.52. The maximum atomic E-state index is 12.5. The molecule has 1 amide bonds. The van der Waals surface area contributed by atoms with Gasteiger partial charge in [-0.15, -0.1) is 0 Å². The fourth-order valence-corrected chi connectivity index (χ4v) is 2.95. The van der Waals surface area contributed by atoms with Crippen LogP contribution in [0.3, 0.4) is 0 Å². The third-order valence-electron chi connectivity index (χ3n) is 4.48. The number of ether oxygens (including phenoxy) is 1. The lowest BCUT2D eigenvalue weighted by molar-refractivity contribution is 0.0521. The molecule has 7 heteroatoms. The Hall–Kier alpha value is -3.87.